The first-order valence-corrected chi connectivity index (χ1v) is 7.25. The molecule has 3 rings (SSSR count). The SMILES string of the molecule is COc1ccc(C)cc1NC(=O)c1ccc2c(c1)CCC2. The second-order valence-corrected chi connectivity index (χ2v) is 5.49. The van der Waals surface area contributed by atoms with Crippen LogP contribution in [-0.2, 0) is 12.8 Å². The number of rotatable bonds is 3. The number of hydrogen-bond donors (Lipinski definition) is 1. The Hall–Kier alpha value is -2.29. The minimum absolute atomic E-state index is 0.0893. The summed E-state index contributed by atoms with van der Waals surface area (Å²) in [5, 5.41) is 2.95. The Morgan fingerprint density at radius 3 is 2.71 bits per heavy atom. The van der Waals surface area contributed by atoms with Crippen LogP contribution in [0.4, 0.5) is 5.69 Å². The molecular weight excluding hydrogens is 262 g/mol. The lowest BCUT2D eigenvalue weighted by Gasteiger charge is -2.11. The monoisotopic (exact) mass is 281 g/mol. The number of ether oxygens (including phenoxy) is 1. The first kappa shape index (κ1) is 13.7. The molecular formula is C18H19NO2. The molecule has 1 amide bonds. The minimum atomic E-state index is -0.0893. The Morgan fingerprint density at radius 2 is 1.90 bits per heavy atom. The normalized spacial score (nSPS) is 12.9. The number of hydrogen-bond acceptors (Lipinski definition) is 2. The molecule has 1 aliphatic carbocycles. The zero-order valence-electron chi connectivity index (χ0n) is 12.4. The predicted octanol–water partition coefficient (Wildman–Crippen LogP) is 3.74. The third-order valence-electron chi connectivity index (χ3n) is 3.96. The zero-order chi connectivity index (χ0) is 14.8. The summed E-state index contributed by atoms with van der Waals surface area (Å²) in [5.74, 6) is 0.587. The average Bonchev–Trinajstić information content (AvgIpc) is 2.94. The minimum Gasteiger partial charge on any atom is -0.495 e. The standard InChI is InChI=1S/C18H19NO2/c1-12-6-9-17(21-2)16(10-12)19-18(20)15-8-7-13-4-3-5-14(13)11-15/h6-11H,3-5H2,1-2H3,(H,19,20). The van der Waals surface area contributed by atoms with E-state index in [4.69, 9.17) is 4.74 Å². The summed E-state index contributed by atoms with van der Waals surface area (Å²) < 4.78 is 5.30. The Labute approximate surface area is 124 Å². The highest BCUT2D eigenvalue weighted by Crippen LogP contribution is 2.27. The van der Waals surface area contributed by atoms with Crippen LogP contribution in [0.5, 0.6) is 5.75 Å². The summed E-state index contributed by atoms with van der Waals surface area (Å²) >= 11 is 0. The van der Waals surface area contributed by atoms with Crippen LogP contribution in [0.25, 0.3) is 0 Å². The fraction of sp³-hybridized carbons (Fsp3) is 0.278. The molecule has 3 heteroatoms. The van der Waals surface area contributed by atoms with Crippen LogP contribution >= 0.6 is 0 Å². The van der Waals surface area contributed by atoms with E-state index in [0.717, 1.165) is 18.4 Å². The number of carbonyl (C=O) groups excluding carboxylic acids is 1. The van der Waals surface area contributed by atoms with Crippen molar-refractivity contribution >= 4 is 11.6 Å². The quantitative estimate of drug-likeness (QED) is 0.930. The van der Waals surface area contributed by atoms with E-state index in [0.29, 0.717) is 17.0 Å². The topological polar surface area (TPSA) is 38.3 Å². The summed E-state index contributed by atoms with van der Waals surface area (Å²) in [7, 11) is 1.61. The van der Waals surface area contributed by atoms with E-state index in [-0.39, 0.29) is 5.91 Å². The summed E-state index contributed by atoms with van der Waals surface area (Å²) in [5.41, 5.74) is 5.18. The molecule has 1 aliphatic rings. The molecule has 0 spiro atoms. The molecule has 0 aromatic heterocycles. The summed E-state index contributed by atoms with van der Waals surface area (Å²) in [6.07, 6.45) is 3.39. The third-order valence-corrected chi connectivity index (χ3v) is 3.96. The van der Waals surface area contributed by atoms with Crippen LogP contribution in [0, 0.1) is 6.92 Å². The van der Waals surface area contributed by atoms with Gasteiger partial charge in [-0.25, -0.2) is 0 Å². The molecule has 0 saturated heterocycles. The highest BCUT2D eigenvalue weighted by molar-refractivity contribution is 6.05. The number of methoxy groups -OCH3 is 1. The number of aryl methyl sites for hydroxylation is 3. The number of anilines is 1. The molecule has 108 valence electrons. The van der Waals surface area contributed by atoms with Crippen molar-refractivity contribution in [3.8, 4) is 5.75 Å². The van der Waals surface area contributed by atoms with Gasteiger partial charge in [0.2, 0.25) is 0 Å². The Kier molecular flexibility index (Phi) is 3.65. The number of benzene rings is 2. The smallest absolute Gasteiger partial charge is 0.255 e. The van der Waals surface area contributed by atoms with Crippen molar-refractivity contribution in [2.75, 3.05) is 12.4 Å². The Morgan fingerprint density at radius 1 is 1.10 bits per heavy atom. The maximum absolute atomic E-state index is 12.4. The van der Waals surface area contributed by atoms with E-state index in [9.17, 15) is 4.79 Å². The van der Waals surface area contributed by atoms with Crippen LogP contribution in [0.3, 0.4) is 0 Å². The highest BCUT2D eigenvalue weighted by Gasteiger charge is 2.15. The van der Waals surface area contributed by atoms with Gasteiger partial charge in [0.25, 0.3) is 5.91 Å². The predicted molar refractivity (Wildman–Crippen MR) is 84.2 cm³/mol. The molecule has 0 atom stereocenters. The molecule has 1 N–H and O–H groups in total. The molecule has 21 heavy (non-hydrogen) atoms. The van der Waals surface area contributed by atoms with Gasteiger partial charge in [-0.1, -0.05) is 12.1 Å². The summed E-state index contributed by atoms with van der Waals surface area (Å²) in [6, 6.07) is 11.7. The second-order valence-electron chi connectivity index (χ2n) is 5.49. The number of nitrogens with one attached hydrogen (secondary N) is 1. The van der Waals surface area contributed by atoms with Crippen molar-refractivity contribution in [1.29, 1.82) is 0 Å². The molecule has 0 radical (unpaired) electrons. The van der Waals surface area contributed by atoms with Gasteiger partial charge in [-0.05, 0) is 67.1 Å². The van der Waals surface area contributed by atoms with Crippen molar-refractivity contribution in [1.82, 2.24) is 0 Å². The molecule has 0 unspecified atom stereocenters. The van der Waals surface area contributed by atoms with Gasteiger partial charge in [0, 0.05) is 5.56 Å². The third kappa shape index (κ3) is 2.77. The van der Waals surface area contributed by atoms with Crippen molar-refractivity contribution in [3.63, 3.8) is 0 Å². The lowest BCUT2D eigenvalue weighted by molar-refractivity contribution is 0.102. The molecule has 2 aromatic carbocycles. The van der Waals surface area contributed by atoms with Crippen molar-refractivity contribution in [2.45, 2.75) is 26.2 Å². The average molecular weight is 281 g/mol. The fourth-order valence-electron chi connectivity index (χ4n) is 2.83. The van der Waals surface area contributed by atoms with Gasteiger partial charge in [0.05, 0.1) is 12.8 Å². The van der Waals surface area contributed by atoms with Gasteiger partial charge >= 0.3 is 0 Å². The van der Waals surface area contributed by atoms with Crippen LogP contribution in [0.15, 0.2) is 36.4 Å². The van der Waals surface area contributed by atoms with Crippen molar-refractivity contribution in [3.05, 3.63) is 58.7 Å². The Bertz CT molecular complexity index is 692. The zero-order valence-corrected chi connectivity index (χ0v) is 12.4. The van der Waals surface area contributed by atoms with Gasteiger partial charge in [-0.15, -0.1) is 0 Å². The Balaban J connectivity index is 1.85. The number of carbonyl (C=O) groups is 1. The van der Waals surface area contributed by atoms with E-state index in [1.165, 1.54) is 17.5 Å². The number of amides is 1. The molecule has 3 nitrogen and oxygen atoms in total. The van der Waals surface area contributed by atoms with Crippen molar-refractivity contribution in [2.24, 2.45) is 0 Å². The summed E-state index contributed by atoms with van der Waals surface area (Å²) in [4.78, 5) is 12.4. The molecule has 2 aromatic rings. The van der Waals surface area contributed by atoms with Crippen LogP contribution in [0.1, 0.15) is 33.5 Å². The lowest BCUT2D eigenvalue weighted by Crippen LogP contribution is -2.13. The van der Waals surface area contributed by atoms with Gasteiger partial charge in [-0.3, -0.25) is 4.79 Å². The van der Waals surface area contributed by atoms with E-state index >= 15 is 0 Å². The maximum atomic E-state index is 12.4. The van der Waals surface area contributed by atoms with E-state index < -0.39 is 0 Å². The molecule has 0 bridgehead atoms. The highest BCUT2D eigenvalue weighted by atomic mass is 16.5. The first-order chi connectivity index (χ1) is 10.2. The second kappa shape index (κ2) is 5.60. The summed E-state index contributed by atoms with van der Waals surface area (Å²) in [6.45, 7) is 1.99. The molecule has 0 heterocycles. The van der Waals surface area contributed by atoms with E-state index in [2.05, 4.69) is 11.4 Å². The first-order valence-electron chi connectivity index (χ1n) is 7.25. The van der Waals surface area contributed by atoms with E-state index in [1.54, 1.807) is 7.11 Å². The van der Waals surface area contributed by atoms with Crippen LogP contribution < -0.4 is 10.1 Å². The van der Waals surface area contributed by atoms with Crippen molar-refractivity contribution < 1.29 is 9.53 Å². The van der Waals surface area contributed by atoms with E-state index in [1.807, 2.05) is 37.3 Å². The largest absolute Gasteiger partial charge is 0.495 e. The number of fused-ring (bicyclic) bond motifs is 1. The van der Waals surface area contributed by atoms with Gasteiger partial charge < -0.3 is 10.1 Å². The lowest BCUT2D eigenvalue weighted by atomic mass is 10.1. The van der Waals surface area contributed by atoms with Gasteiger partial charge in [0.15, 0.2) is 0 Å². The fourth-order valence-corrected chi connectivity index (χ4v) is 2.83. The molecule has 0 aliphatic heterocycles. The molecule has 0 fully saturated rings. The molecule has 0 saturated carbocycles. The maximum Gasteiger partial charge on any atom is 0.255 e. The van der Waals surface area contributed by atoms with Crippen LogP contribution in [0.2, 0.25) is 0 Å². The van der Waals surface area contributed by atoms with Gasteiger partial charge in [-0.2, -0.15) is 0 Å². The van der Waals surface area contributed by atoms with Gasteiger partial charge in [0.1, 0.15) is 5.75 Å². The van der Waals surface area contributed by atoms with Crippen LogP contribution in [-0.4, -0.2) is 13.0 Å².